The van der Waals surface area contributed by atoms with Crippen molar-refractivity contribution in [2.75, 3.05) is 53.0 Å². The second-order valence-corrected chi connectivity index (χ2v) is 8.93. The predicted molar refractivity (Wildman–Crippen MR) is 144 cm³/mol. The van der Waals surface area contributed by atoms with E-state index in [1.54, 1.807) is 47.3 Å². The molecule has 9 nitrogen and oxygen atoms in total. The molecule has 0 aromatic heterocycles. The molecule has 2 aromatic carbocycles. The summed E-state index contributed by atoms with van der Waals surface area (Å²) >= 11 is 0. The van der Waals surface area contributed by atoms with E-state index in [1.165, 1.54) is 4.90 Å². The molecule has 0 saturated carbocycles. The monoisotopic (exact) mass is 523 g/mol. The number of nitrogens with zero attached hydrogens (tertiary/aromatic N) is 3. The molecule has 0 spiro atoms. The van der Waals surface area contributed by atoms with Gasteiger partial charge in [-0.2, -0.15) is 0 Å². The van der Waals surface area contributed by atoms with Gasteiger partial charge in [0.2, 0.25) is 11.8 Å². The summed E-state index contributed by atoms with van der Waals surface area (Å²) in [6.07, 6.45) is 1.09. The van der Waals surface area contributed by atoms with Crippen molar-refractivity contribution in [3.8, 4) is 11.5 Å². The third-order valence-corrected chi connectivity index (χ3v) is 6.35. The van der Waals surface area contributed by atoms with E-state index < -0.39 is 6.10 Å². The molecule has 1 saturated heterocycles. The van der Waals surface area contributed by atoms with Crippen LogP contribution >= 0.6 is 0 Å². The maximum atomic E-state index is 13.5. The highest BCUT2D eigenvalue weighted by molar-refractivity contribution is 5.97. The van der Waals surface area contributed by atoms with Crippen LogP contribution in [0.1, 0.15) is 29.8 Å². The molecule has 2 aromatic rings. The van der Waals surface area contributed by atoms with Gasteiger partial charge in [-0.15, -0.1) is 0 Å². The maximum Gasteiger partial charge on any atom is 0.254 e. The van der Waals surface area contributed by atoms with Crippen LogP contribution in [0.5, 0.6) is 11.5 Å². The molecule has 0 aliphatic carbocycles. The fraction of sp³-hybridized carbons (Fsp3) is 0.414. The van der Waals surface area contributed by atoms with Gasteiger partial charge in [0.1, 0.15) is 31.3 Å². The van der Waals surface area contributed by atoms with E-state index in [0.717, 1.165) is 11.3 Å². The average molecular weight is 524 g/mol. The van der Waals surface area contributed by atoms with E-state index in [0.29, 0.717) is 37.6 Å². The third-order valence-electron chi connectivity index (χ3n) is 6.35. The summed E-state index contributed by atoms with van der Waals surface area (Å²) < 4.78 is 16.8. The van der Waals surface area contributed by atoms with Crippen molar-refractivity contribution >= 4 is 17.7 Å². The molecule has 1 atom stereocenters. The lowest BCUT2D eigenvalue weighted by Crippen LogP contribution is -2.41. The van der Waals surface area contributed by atoms with Gasteiger partial charge >= 0.3 is 0 Å². The molecule has 3 amide bonds. The van der Waals surface area contributed by atoms with E-state index in [4.69, 9.17) is 14.2 Å². The van der Waals surface area contributed by atoms with Crippen LogP contribution in [0.15, 0.2) is 61.2 Å². The molecule has 9 heteroatoms. The van der Waals surface area contributed by atoms with Crippen molar-refractivity contribution in [1.29, 1.82) is 0 Å². The number of hydrogen-bond donors (Lipinski definition) is 0. The minimum atomic E-state index is -0.539. The Balaban J connectivity index is 1.80. The number of hydrogen-bond acceptors (Lipinski definition) is 6. The molecule has 0 bridgehead atoms. The molecule has 1 heterocycles. The lowest BCUT2D eigenvalue weighted by molar-refractivity contribution is -0.138. The molecule has 0 N–H and O–H groups in total. The second kappa shape index (κ2) is 14.2. The minimum Gasteiger partial charge on any atom is -0.497 e. The van der Waals surface area contributed by atoms with E-state index in [1.807, 2.05) is 38.1 Å². The van der Waals surface area contributed by atoms with Gasteiger partial charge in [-0.3, -0.25) is 14.4 Å². The molecule has 204 valence electrons. The smallest absolute Gasteiger partial charge is 0.254 e. The van der Waals surface area contributed by atoms with E-state index in [-0.39, 0.29) is 44.0 Å². The first-order chi connectivity index (χ1) is 18.4. The number of ether oxygens (including phenoxy) is 3. The van der Waals surface area contributed by atoms with Gasteiger partial charge in [-0.1, -0.05) is 30.9 Å². The summed E-state index contributed by atoms with van der Waals surface area (Å²) in [5, 5.41) is 0. The number of rotatable bonds is 12. The van der Waals surface area contributed by atoms with Gasteiger partial charge in [0, 0.05) is 38.3 Å². The Bertz CT molecular complexity index is 1100. The minimum absolute atomic E-state index is 0.101. The summed E-state index contributed by atoms with van der Waals surface area (Å²) in [5.74, 6) is 0.628. The van der Waals surface area contributed by atoms with Crippen molar-refractivity contribution in [1.82, 2.24) is 14.7 Å². The largest absolute Gasteiger partial charge is 0.497 e. The number of carbonyl (C=O) groups excluding carboxylic acids is 3. The first kappa shape index (κ1) is 28.7. The van der Waals surface area contributed by atoms with Gasteiger partial charge in [0.25, 0.3) is 5.91 Å². The fourth-order valence-electron chi connectivity index (χ4n) is 4.26. The molecule has 1 unspecified atom stereocenters. The number of methoxy groups -OCH3 is 1. The van der Waals surface area contributed by atoms with E-state index in [2.05, 4.69) is 6.58 Å². The summed E-state index contributed by atoms with van der Waals surface area (Å²) in [7, 11) is 1.60. The highest BCUT2D eigenvalue weighted by Crippen LogP contribution is 2.19. The number of carbonyl (C=O) groups is 3. The Morgan fingerprint density at radius 1 is 1.08 bits per heavy atom. The van der Waals surface area contributed by atoms with Crippen LogP contribution in [0.3, 0.4) is 0 Å². The number of amides is 3. The standard InChI is InChI=1S/C29H37N3O6/c1-5-15-37-25-10-8-9-23(16-25)29(35)32-19-26(38-21-28(34)30(6-2)7-3)18-31(27(33)20-32)17-22-11-13-24(36-4)14-12-22/h5,8-14,16,26H,1,6-7,15,17-21H2,2-4H3. The second-order valence-electron chi connectivity index (χ2n) is 8.93. The fourth-order valence-corrected chi connectivity index (χ4v) is 4.26. The summed E-state index contributed by atoms with van der Waals surface area (Å²) in [4.78, 5) is 44.2. The van der Waals surface area contributed by atoms with Crippen molar-refractivity contribution in [2.45, 2.75) is 26.5 Å². The summed E-state index contributed by atoms with van der Waals surface area (Å²) in [6, 6.07) is 14.3. The predicted octanol–water partition coefficient (Wildman–Crippen LogP) is 3.00. The highest BCUT2D eigenvalue weighted by Gasteiger charge is 2.32. The Morgan fingerprint density at radius 2 is 1.82 bits per heavy atom. The van der Waals surface area contributed by atoms with Gasteiger partial charge in [-0.25, -0.2) is 0 Å². The molecule has 3 rings (SSSR count). The zero-order chi connectivity index (χ0) is 27.5. The Labute approximate surface area is 224 Å². The van der Waals surface area contributed by atoms with E-state index >= 15 is 0 Å². The van der Waals surface area contributed by atoms with Crippen molar-refractivity contribution in [3.63, 3.8) is 0 Å². The van der Waals surface area contributed by atoms with Crippen LogP contribution in [-0.2, 0) is 20.9 Å². The van der Waals surface area contributed by atoms with Crippen molar-refractivity contribution in [3.05, 3.63) is 72.3 Å². The lowest BCUT2D eigenvalue weighted by atomic mass is 10.1. The van der Waals surface area contributed by atoms with Crippen LogP contribution in [0, 0.1) is 0 Å². The Kier molecular flexibility index (Phi) is 10.7. The maximum absolute atomic E-state index is 13.5. The summed E-state index contributed by atoms with van der Waals surface area (Å²) in [5.41, 5.74) is 1.32. The molecule has 1 aliphatic heterocycles. The SMILES string of the molecule is C=CCOc1cccc(C(=O)N2CC(=O)N(Cc3ccc(OC)cc3)CC(OCC(=O)N(CC)CC)C2)c1. The molecule has 0 radical (unpaired) electrons. The first-order valence-corrected chi connectivity index (χ1v) is 12.8. The zero-order valence-corrected chi connectivity index (χ0v) is 22.4. The van der Waals surface area contributed by atoms with Crippen LogP contribution in [0.4, 0.5) is 0 Å². The Hall–Kier alpha value is -3.85. The number of benzene rings is 2. The molecule has 38 heavy (non-hydrogen) atoms. The summed E-state index contributed by atoms with van der Waals surface area (Å²) in [6.45, 7) is 9.50. The van der Waals surface area contributed by atoms with Gasteiger partial charge in [-0.05, 0) is 49.7 Å². The molecular formula is C29H37N3O6. The van der Waals surface area contributed by atoms with Crippen molar-refractivity contribution < 1.29 is 28.6 Å². The van der Waals surface area contributed by atoms with Gasteiger partial charge in [0.15, 0.2) is 0 Å². The number of likely N-dealkylation sites (N-methyl/N-ethyl adjacent to an activating group) is 1. The average Bonchev–Trinajstić information content (AvgIpc) is 3.09. The third kappa shape index (κ3) is 7.82. The molecule has 1 fully saturated rings. The lowest BCUT2D eigenvalue weighted by Gasteiger charge is -2.26. The quantitative estimate of drug-likeness (QED) is 0.398. The zero-order valence-electron chi connectivity index (χ0n) is 22.4. The van der Waals surface area contributed by atoms with Gasteiger partial charge < -0.3 is 28.9 Å². The van der Waals surface area contributed by atoms with Gasteiger partial charge in [0.05, 0.1) is 13.2 Å². The van der Waals surface area contributed by atoms with Crippen LogP contribution in [0.2, 0.25) is 0 Å². The van der Waals surface area contributed by atoms with Crippen LogP contribution in [0.25, 0.3) is 0 Å². The van der Waals surface area contributed by atoms with Crippen molar-refractivity contribution in [2.24, 2.45) is 0 Å². The first-order valence-electron chi connectivity index (χ1n) is 12.8. The van der Waals surface area contributed by atoms with Crippen LogP contribution < -0.4 is 9.47 Å². The molecular weight excluding hydrogens is 486 g/mol. The van der Waals surface area contributed by atoms with Crippen LogP contribution in [-0.4, -0.2) is 91.6 Å². The van der Waals surface area contributed by atoms with E-state index in [9.17, 15) is 14.4 Å². The topological polar surface area (TPSA) is 88.6 Å². The molecule has 1 aliphatic rings. The highest BCUT2D eigenvalue weighted by atomic mass is 16.5. The normalized spacial score (nSPS) is 15.6. The Morgan fingerprint density at radius 3 is 2.47 bits per heavy atom.